The largest absolute Gasteiger partial charge is 0.352 e. The van der Waals surface area contributed by atoms with E-state index in [1.807, 2.05) is 45.0 Å². The number of sulfonamides is 1. The van der Waals surface area contributed by atoms with Crippen molar-refractivity contribution >= 4 is 62.3 Å². The lowest BCUT2D eigenvalue weighted by Gasteiger charge is -2.32. The van der Waals surface area contributed by atoms with E-state index in [-0.39, 0.29) is 39.2 Å². The van der Waals surface area contributed by atoms with Crippen molar-refractivity contribution < 1.29 is 18.0 Å². The molecule has 11 heteroatoms. The third-order valence-electron chi connectivity index (χ3n) is 5.71. The van der Waals surface area contributed by atoms with E-state index in [0.717, 1.165) is 28.1 Å². The number of hydrogen-bond acceptors (Lipinski definition) is 4. The van der Waals surface area contributed by atoms with Gasteiger partial charge in [0.25, 0.3) is 0 Å². The quantitative estimate of drug-likeness (QED) is 0.411. The number of nitrogens with one attached hydrogen (secondary N) is 1. The van der Waals surface area contributed by atoms with Crippen LogP contribution in [0, 0.1) is 6.92 Å². The van der Waals surface area contributed by atoms with Gasteiger partial charge in [0.15, 0.2) is 0 Å². The van der Waals surface area contributed by atoms with Crippen LogP contribution in [0.4, 0.5) is 5.69 Å². The maximum Gasteiger partial charge on any atom is 0.244 e. The minimum atomic E-state index is -3.95. The van der Waals surface area contributed by atoms with E-state index in [1.165, 1.54) is 17.0 Å². The zero-order chi connectivity index (χ0) is 26.5. The molecule has 192 valence electrons. The molecule has 0 aliphatic rings. The van der Waals surface area contributed by atoms with Crippen molar-refractivity contribution in [3.63, 3.8) is 0 Å². The first-order chi connectivity index (χ1) is 16.3. The van der Waals surface area contributed by atoms with Gasteiger partial charge in [-0.1, -0.05) is 66.0 Å². The second-order valence-corrected chi connectivity index (χ2v) is 11.6. The van der Waals surface area contributed by atoms with Crippen LogP contribution in [-0.4, -0.2) is 50.0 Å². The molecule has 0 aliphatic heterocycles. The molecular formula is C24H30Cl3N3O4S. The van der Waals surface area contributed by atoms with Crippen molar-refractivity contribution in [3.05, 3.63) is 62.6 Å². The van der Waals surface area contributed by atoms with Crippen LogP contribution in [0.25, 0.3) is 0 Å². The number of benzene rings is 2. The highest BCUT2D eigenvalue weighted by atomic mass is 35.5. The molecule has 2 rings (SSSR count). The summed E-state index contributed by atoms with van der Waals surface area (Å²) in [4.78, 5) is 27.9. The summed E-state index contributed by atoms with van der Waals surface area (Å²) >= 11 is 18.4. The van der Waals surface area contributed by atoms with Crippen molar-refractivity contribution in [2.45, 2.75) is 52.7 Å². The van der Waals surface area contributed by atoms with Crippen LogP contribution in [0.2, 0.25) is 15.1 Å². The molecule has 0 saturated heterocycles. The van der Waals surface area contributed by atoms with E-state index < -0.39 is 28.5 Å². The van der Waals surface area contributed by atoms with Crippen molar-refractivity contribution in [2.75, 3.05) is 17.1 Å². The number of amides is 2. The summed E-state index contributed by atoms with van der Waals surface area (Å²) < 4.78 is 26.2. The zero-order valence-corrected chi connectivity index (χ0v) is 23.4. The number of carbonyl (C=O) groups excluding carboxylic acids is 2. The standard InChI is InChI=1S/C24H30Cl3N3O4S/c1-6-16(3)28-24(32)17(4)29(13-18-10-8-7-9-15(18)2)23(31)14-30(35(5,33)34)22-12-20(26)19(25)11-21(22)27/h7-12,16-17H,6,13-14H2,1-5H3,(H,28,32)/t16-,17-/m0/s1. The lowest BCUT2D eigenvalue weighted by Crippen LogP contribution is -2.52. The van der Waals surface area contributed by atoms with E-state index in [2.05, 4.69) is 5.32 Å². The van der Waals surface area contributed by atoms with Gasteiger partial charge >= 0.3 is 0 Å². The summed E-state index contributed by atoms with van der Waals surface area (Å²) in [6, 6.07) is 9.15. The molecular weight excluding hydrogens is 533 g/mol. The number of anilines is 1. The predicted octanol–water partition coefficient (Wildman–Crippen LogP) is 5.05. The molecule has 35 heavy (non-hydrogen) atoms. The molecule has 0 heterocycles. The average molecular weight is 563 g/mol. The first kappa shape index (κ1) is 29.2. The minimum absolute atomic E-state index is 0.0180. The van der Waals surface area contributed by atoms with Gasteiger partial charge in [-0.15, -0.1) is 0 Å². The molecule has 0 unspecified atom stereocenters. The average Bonchev–Trinajstić information content (AvgIpc) is 2.78. The molecule has 2 amide bonds. The Labute approximate surface area is 222 Å². The van der Waals surface area contributed by atoms with Crippen LogP contribution in [-0.2, 0) is 26.2 Å². The smallest absolute Gasteiger partial charge is 0.244 e. The molecule has 0 bridgehead atoms. The number of carbonyl (C=O) groups is 2. The summed E-state index contributed by atoms with van der Waals surface area (Å²) in [6.07, 6.45) is 1.69. The predicted molar refractivity (Wildman–Crippen MR) is 143 cm³/mol. The highest BCUT2D eigenvalue weighted by Crippen LogP contribution is 2.35. The number of halogens is 3. The summed E-state index contributed by atoms with van der Waals surface area (Å²) in [6.45, 7) is 6.87. The molecule has 0 spiro atoms. The normalized spacial score (nSPS) is 13.1. The van der Waals surface area contributed by atoms with Crippen LogP contribution < -0.4 is 9.62 Å². The van der Waals surface area contributed by atoms with Gasteiger partial charge in [-0.3, -0.25) is 13.9 Å². The molecule has 2 atom stereocenters. The van der Waals surface area contributed by atoms with Gasteiger partial charge in [0.2, 0.25) is 21.8 Å². The molecule has 0 radical (unpaired) electrons. The highest BCUT2D eigenvalue weighted by molar-refractivity contribution is 7.92. The zero-order valence-electron chi connectivity index (χ0n) is 20.3. The van der Waals surface area contributed by atoms with E-state index in [1.54, 1.807) is 6.92 Å². The van der Waals surface area contributed by atoms with Gasteiger partial charge in [0.1, 0.15) is 12.6 Å². The Morgan fingerprint density at radius 3 is 2.20 bits per heavy atom. The summed E-state index contributed by atoms with van der Waals surface area (Å²) in [5.74, 6) is -0.910. The summed E-state index contributed by atoms with van der Waals surface area (Å²) in [5.41, 5.74) is 1.79. The highest BCUT2D eigenvalue weighted by Gasteiger charge is 2.31. The maximum absolute atomic E-state index is 13.6. The Morgan fingerprint density at radius 2 is 1.63 bits per heavy atom. The van der Waals surface area contributed by atoms with Gasteiger partial charge in [0.05, 0.1) is 27.0 Å². The van der Waals surface area contributed by atoms with Crippen molar-refractivity contribution in [1.29, 1.82) is 0 Å². The van der Waals surface area contributed by atoms with Gasteiger partial charge in [-0.05, 0) is 50.5 Å². The third kappa shape index (κ3) is 7.74. The molecule has 0 aromatic heterocycles. The molecule has 0 saturated carbocycles. The van der Waals surface area contributed by atoms with E-state index in [0.29, 0.717) is 0 Å². The second kappa shape index (κ2) is 12.3. The summed E-state index contributed by atoms with van der Waals surface area (Å²) in [5, 5.41) is 3.14. The second-order valence-electron chi connectivity index (χ2n) is 8.43. The number of hydrogen-bond donors (Lipinski definition) is 1. The molecule has 2 aromatic carbocycles. The van der Waals surface area contributed by atoms with Crippen LogP contribution in [0.3, 0.4) is 0 Å². The lowest BCUT2D eigenvalue weighted by molar-refractivity contribution is -0.139. The van der Waals surface area contributed by atoms with Gasteiger partial charge in [-0.25, -0.2) is 8.42 Å². The number of rotatable bonds is 10. The van der Waals surface area contributed by atoms with E-state index in [9.17, 15) is 18.0 Å². The van der Waals surface area contributed by atoms with Crippen LogP contribution in [0.5, 0.6) is 0 Å². The summed E-state index contributed by atoms with van der Waals surface area (Å²) in [7, 11) is -3.95. The fraction of sp³-hybridized carbons (Fsp3) is 0.417. The minimum Gasteiger partial charge on any atom is -0.352 e. The first-order valence-electron chi connectivity index (χ1n) is 11.0. The van der Waals surface area contributed by atoms with Crippen molar-refractivity contribution in [2.24, 2.45) is 0 Å². The van der Waals surface area contributed by atoms with Gasteiger partial charge < -0.3 is 10.2 Å². The van der Waals surface area contributed by atoms with Gasteiger partial charge in [-0.2, -0.15) is 0 Å². The fourth-order valence-electron chi connectivity index (χ4n) is 3.32. The maximum atomic E-state index is 13.6. The van der Waals surface area contributed by atoms with Crippen LogP contribution >= 0.6 is 34.8 Å². The molecule has 0 aliphatic carbocycles. The number of nitrogens with zero attached hydrogens (tertiary/aromatic N) is 2. The topological polar surface area (TPSA) is 86.8 Å². The Balaban J connectivity index is 2.47. The third-order valence-corrected chi connectivity index (χ3v) is 7.86. The molecule has 1 N–H and O–H groups in total. The Kier molecular flexibility index (Phi) is 10.3. The molecule has 2 aromatic rings. The molecule has 0 fully saturated rings. The van der Waals surface area contributed by atoms with Crippen LogP contribution in [0.15, 0.2) is 36.4 Å². The Hall–Kier alpha value is -2.00. The van der Waals surface area contributed by atoms with E-state index >= 15 is 0 Å². The number of aryl methyl sites for hydroxylation is 1. The first-order valence-corrected chi connectivity index (χ1v) is 14.0. The van der Waals surface area contributed by atoms with Crippen molar-refractivity contribution in [1.82, 2.24) is 10.2 Å². The van der Waals surface area contributed by atoms with Crippen LogP contribution in [0.1, 0.15) is 38.3 Å². The SMILES string of the molecule is CC[C@H](C)NC(=O)[C@H](C)N(Cc1ccccc1C)C(=O)CN(c1cc(Cl)c(Cl)cc1Cl)S(C)(=O)=O. The lowest BCUT2D eigenvalue weighted by atomic mass is 10.1. The Bertz CT molecular complexity index is 1190. The van der Waals surface area contributed by atoms with Crippen molar-refractivity contribution in [3.8, 4) is 0 Å². The van der Waals surface area contributed by atoms with Gasteiger partial charge in [0, 0.05) is 12.6 Å². The fourth-order valence-corrected chi connectivity index (χ4v) is 4.86. The van der Waals surface area contributed by atoms with E-state index in [4.69, 9.17) is 34.8 Å². The monoisotopic (exact) mass is 561 g/mol. The molecule has 7 nitrogen and oxygen atoms in total. The Morgan fingerprint density at radius 1 is 1.03 bits per heavy atom.